The number of rotatable bonds is 9. The SMILES string of the molecule is O=C(COC(=O)CCCOc1ccccc1)Nc1ccc(N2CCCCC2)cc1. The summed E-state index contributed by atoms with van der Waals surface area (Å²) in [5, 5.41) is 2.76. The summed E-state index contributed by atoms with van der Waals surface area (Å²) in [7, 11) is 0. The van der Waals surface area contributed by atoms with Gasteiger partial charge >= 0.3 is 5.97 Å². The molecule has 0 spiro atoms. The lowest BCUT2D eigenvalue weighted by Crippen LogP contribution is -2.29. The van der Waals surface area contributed by atoms with Gasteiger partial charge in [-0.2, -0.15) is 0 Å². The molecular weight excluding hydrogens is 368 g/mol. The second kappa shape index (κ2) is 11.1. The van der Waals surface area contributed by atoms with Crippen molar-refractivity contribution < 1.29 is 19.1 Å². The van der Waals surface area contributed by atoms with Crippen LogP contribution >= 0.6 is 0 Å². The summed E-state index contributed by atoms with van der Waals surface area (Å²) in [6.07, 6.45) is 4.49. The molecular formula is C23H28N2O4. The molecule has 1 aliphatic rings. The van der Waals surface area contributed by atoms with E-state index in [9.17, 15) is 9.59 Å². The summed E-state index contributed by atoms with van der Waals surface area (Å²) in [5.41, 5.74) is 1.87. The number of benzene rings is 2. The monoisotopic (exact) mass is 396 g/mol. The third kappa shape index (κ3) is 7.14. The van der Waals surface area contributed by atoms with Crippen molar-refractivity contribution in [3.8, 4) is 5.75 Å². The van der Waals surface area contributed by atoms with Crippen LogP contribution in [0, 0.1) is 0 Å². The van der Waals surface area contributed by atoms with Gasteiger partial charge in [0.25, 0.3) is 5.91 Å². The highest BCUT2D eigenvalue weighted by Crippen LogP contribution is 2.21. The van der Waals surface area contributed by atoms with E-state index in [1.165, 1.54) is 24.9 Å². The number of ether oxygens (including phenoxy) is 2. The average molecular weight is 396 g/mol. The highest BCUT2D eigenvalue weighted by molar-refractivity contribution is 5.92. The van der Waals surface area contributed by atoms with E-state index in [0.717, 1.165) is 18.8 Å². The van der Waals surface area contributed by atoms with Crippen molar-refractivity contribution in [2.24, 2.45) is 0 Å². The molecule has 0 aromatic heterocycles. The minimum Gasteiger partial charge on any atom is -0.494 e. The second-order valence-corrected chi connectivity index (χ2v) is 7.07. The van der Waals surface area contributed by atoms with Gasteiger partial charge in [0.1, 0.15) is 5.75 Å². The molecule has 0 saturated carbocycles. The van der Waals surface area contributed by atoms with Gasteiger partial charge in [-0.1, -0.05) is 18.2 Å². The molecule has 1 amide bonds. The molecule has 3 rings (SSSR count). The lowest BCUT2D eigenvalue weighted by atomic mass is 10.1. The topological polar surface area (TPSA) is 67.9 Å². The maximum atomic E-state index is 12.0. The lowest BCUT2D eigenvalue weighted by Gasteiger charge is -2.28. The minimum atomic E-state index is -0.405. The van der Waals surface area contributed by atoms with E-state index < -0.39 is 5.97 Å². The molecule has 2 aromatic carbocycles. The van der Waals surface area contributed by atoms with Crippen LogP contribution in [0.4, 0.5) is 11.4 Å². The van der Waals surface area contributed by atoms with Crippen LogP contribution in [-0.4, -0.2) is 38.2 Å². The number of anilines is 2. The van der Waals surface area contributed by atoms with Crippen LogP contribution < -0.4 is 15.0 Å². The Balaban J connectivity index is 1.31. The summed E-state index contributed by atoms with van der Waals surface area (Å²) >= 11 is 0. The van der Waals surface area contributed by atoms with Crippen LogP contribution in [-0.2, 0) is 14.3 Å². The number of esters is 1. The number of piperidine rings is 1. The van der Waals surface area contributed by atoms with Crippen LogP contribution in [0.2, 0.25) is 0 Å². The molecule has 6 heteroatoms. The van der Waals surface area contributed by atoms with Crippen LogP contribution in [0.15, 0.2) is 54.6 Å². The number of carbonyl (C=O) groups excluding carboxylic acids is 2. The predicted molar refractivity (Wildman–Crippen MR) is 113 cm³/mol. The summed E-state index contributed by atoms with van der Waals surface area (Å²) in [6, 6.07) is 17.2. The Morgan fingerprint density at radius 3 is 2.38 bits per heavy atom. The number of amides is 1. The molecule has 1 fully saturated rings. The van der Waals surface area contributed by atoms with Gasteiger partial charge in [0.05, 0.1) is 6.61 Å². The Kier molecular flexibility index (Phi) is 7.92. The van der Waals surface area contributed by atoms with Gasteiger partial charge in [-0.15, -0.1) is 0 Å². The number of carbonyl (C=O) groups is 2. The number of hydrogen-bond donors (Lipinski definition) is 1. The predicted octanol–water partition coefficient (Wildman–Crippen LogP) is 4.02. The molecule has 6 nitrogen and oxygen atoms in total. The van der Waals surface area contributed by atoms with Crippen LogP contribution in [0.5, 0.6) is 5.75 Å². The summed E-state index contributed by atoms with van der Waals surface area (Å²) in [5.74, 6) is 0.0217. The van der Waals surface area contributed by atoms with Gasteiger partial charge in [-0.25, -0.2) is 0 Å². The van der Waals surface area contributed by atoms with Crippen molar-refractivity contribution in [2.75, 3.05) is 36.5 Å². The molecule has 1 aliphatic heterocycles. The van der Waals surface area contributed by atoms with E-state index in [-0.39, 0.29) is 18.9 Å². The van der Waals surface area contributed by atoms with Crippen LogP contribution in [0.25, 0.3) is 0 Å². The van der Waals surface area contributed by atoms with Crippen molar-refractivity contribution in [1.82, 2.24) is 0 Å². The van der Waals surface area contributed by atoms with Crippen molar-refractivity contribution in [3.63, 3.8) is 0 Å². The van der Waals surface area contributed by atoms with Crippen molar-refractivity contribution >= 4 is 23.3 Å². The largest absolute Gasteiger partial charge is 0.494 e. The zero-order valence-corrected chi connectivity index (χ0v) is 16.6. The first-order valence-corrected chi connectivity index (χ1v) is 10.2. The Hall–Kier alpha value is -3.02. The molecule has 2 aromatic rings. The number of nitrogens with zero attached hydrogens (tertiary/aromatic N) is 1. The van der Waals surface area contributed by atoms with E-state index >= 15 is 0 Å². The van der Waals surface area contributed by atoms with Crippen molar-refractivity contribution in [1.29, 1.82) is 0 Å². The summed E-state index contributed by atoms with van der Waals surface area (Å²) in [4.78, 5) is 26.1. The summed E-state index contributed by atoms with van der Waals surface area (Å²) in [6.45, 7) is 2.30. The van der Waals surface area contributed by atoms with Gasteiger partial charge in [-0.3, -0.25) is 9.59 Å². The Morgan fingerprint density at radius 2 is 1.66 bits per heavy atom. The molecule has 0 bridgehead atoms. The maximum Gasteiger partial charge on any atom is 0.306 e. The first-order valence-electron chi connectivity index (χ1n) is 10.2. The standard InChI is InChI=1S/C23H28N2O4/c26-22(18-29-23(27)10-7-17-28-21-8-3-1-4-9-21)24-19-11-13-20(14-12-19)25-15-5-2-6-16-25/h1,3-4,8-9,11-14H,2,5-7,10,15-18H2,(H,24,26). The van der Waals surface area contributed by atoms with Crippen LogP contribution in [0.3, 0.4) is 0 Å². The Labute approximate surface area is 171 Å². The molecule has 1 N–H and O–H groups in total. The van der Waals surface area contributed by atoms with Crippen molar-refractivity contribution in [3.05, 3.63) is 54.6 Å². The fraction of sp³-hybridized carbons (Fsp3) is 0.391. The number of para-hydroxylation sites is 1. The normalized spacial score (nSPS) is 13.6. The van der Waals surface area contributed by atoms with Crippen molar-refractivity contribution in [2.45, 2.75) is 32.1 Å². The average Bonchev–Trinajstić information content (AvgIpc) is 2.77. The fourth-order valence-electron chi connectivity index (χ4n) is 3.25. The second-order valence-electron chi connectivity index (χ2n) is 7.07. The lowest BCUT2D eigenvalue weighted by molar-refractivity contribution is -0.147. The van der Waals surface area contributed by atoms with Gasteiger partial charge < -0.3 is 19.7 Å². The molecule has 0 radical (unpaired) electrons. The smallest absolute Gasteiger partial charge is 0.306 e. The van der Waals surface area contributed by atoms with E-state index in [0.29, 0.717) is 18.7 Å². The highest BCUT2D eigenvalue weighted by Gasteiger charge is 2.11. The summed E-state index contributed by atoms with van der Waals surface area (Å²) < 4.78 is 10.6. The molecule has 154 valence electrons. The molecule has 0 aliphatic carbocycles. The molecule has 0 atom stereocenters. The highest BCUT2D eigenvalue weighted by atomic mass is 16.5. The van der Waals surface area contributed by atoms with Gasteiger partial charge in [0.2, 0.25) is 0 Å². The third-order valence-corrected chi connectivity index (χ3v) is 4.77. The van der Waals surface area contributed by atoms with Gasteiger partial charge in [0.15, 0.2) is 6.61 Å². The van der Waals surface area contributed by atoms with Crippen LogP contribution in [0.1, 0.15) is 32.1 Å². The first-order chi connectivity index (χ1) is 14.2. The van der Waals surface area contributed by atoms with E-state index in [1.54, 1.807) is 0 Å². The maximum absolute atomic E-state index is 12.0. The molecule has 1 saturated heterocycles. The van der Waals surface area contributed by atoms with Gasteiger partial charge in [0, 0.05) is 30.9 Å². The quantitative estimate of drug-likeness (QED) is 0.512. The van der Waals surface area contributed by atoms with Gasteiger partial charge in [-0.05, 0) is 62.1 Å². The number of nitrogens with one attached hydrogen (secondary N) is 1. The van der Waals surface area contributed by atoms with E-state index in [4.69, 9.17) is 9.47 Å². The number of hydrogen-bond acceptors (Lipinski definition) is 5. The van der Waals surface area contributed by atoms with E-state index in [2.05, 4.69) is 10.2 Å². The van der Waals surface area contributed by atoms with E-state index in [1.807, 2.05) is 54.6 Å². The molecule has 1 heterocycles. The minimum absolute atomic E-state index is 0.213. The first kappa shape index (κ1) is 20.7. The zero-order valence-electron chi connectivity index (χ0n) is 16.6. The molecule has 29 heavy (non-hydrogen) atoms. The molecule has 0 unspecified atom stereocenters. The third-order valence-electron chi connectivity index (χ3n) is 4.77. The Bertz CT molecular complexity index is 771. The Morgan fingerprint density at radius 1 is 0.931 bits per heavy atom. The zero-order chi connectivity index (χ0) is 20.3. The fourth-order valence-corrected chi connectivity index (χ4v) is 3.25.